The lowest BCUT2D eigenvalue weighted by atomic mass is 9.95. The summed E-state index contributed by atoms with van der Waals surface area (Å²) in [6.07, 6.45) is 6.98. The molecule has 3 nitrogen and oxygen atoms in total. The minimum Gasteiger partial charge on any atom is -0.388 e. The van der Waals surface area contributed by atoms with Crippen molar-refractivity contribution in [1.82, 2.24) is 9.97 Å². The molecule has 13 heavy (non-hydrogen) atoms. The normalized spacial score (nSPS) is 21.1. The van der Waals surface area contributed by atoms with E-state index < -0.39 is 6.10 Å². The molecule has 0 amide bonds. The summed E-state index contributed by atoms with van der Waals surface area (Å²) >= 11 is 0. The predicted octanol–water partition coefficient (Wildman–Crippen LogP) is 1.56. The van der Waals surface area contributed by atoms with E-state index in [4.69, 9.17) is 0 Å². The zero-order valence-electron chi connectivity index (χ0n) is 7.72. The molecule has 2 unspecified atom stereocenters. The summed E-state index contributed by atoms with van der Waals surface area (Å²) in [4.78, 5) is 7.79. The van der Waals surface area contributed by atoms with Gasteiger partial charge in [0.25, 0.3) is 0 Å². The molecule has 0 radical (unpaired) electrons. The summed E-state index contributed by atoms with van der Waals surface area (Å²) in [5.41, 5.74) is 0.835. The van der Waals surface area contributed by atoms with Crippen molar-refractivity contribution in [3.8, 4) is 0 Å². The molecule has 0 aliphatic heterocycles. The number of aliphatic hydroxyl groups excluding tert-OH is 1. The van der Waals surface area contributed by atoms with Crippen LogP contribution >= 0.6 is 0 Å². The van der Waals surface area contributed by atoms with E-state index in [2.05, 4.69) is 16.9 Å². The maximum Gasteiger partial charge on any atom is 0.115 e. The van der Waals surface area contributed by atoms with E-state index in [1.54, 1.807) is 12.4 Å². The van der Waals surface area contributed by atoms with Crippen LogP contribution in [-0.4, -0.2) is 15.1 Å². The Morgan fingerprint density at radius 2 is 2.00 bits per heavy atom. The van der Waals surface area contributed by atoms with Gasteiger partial charge in [0.15, 0.2) is 0 Å². The van der Waals surface area contributed by atoms with Crippen LogP contribution in [0.1, 0.15) is 31.4 Å². The highest BCUT2D eigenvalue weighted by atomic mass is 16.3. The first-order chi connectivity index (χ1) is 6.29. The lowest BCUT2D eigenvalue weighted by Crippen LogP contribution is -2.11. The van der Waals surface area contributed by atoms with Gasteiger partial charge in [-0.15, -0.1) is 0 Å². The Bertz CT molecular complexity index is 272. The van der Waals surface area contributed by atoms with Crippen LogP contribution in [0.4, 0.5) is 0 Å². The molecule has 1 aliphatic carbocycles. The Labute approximate surface area is 77.8 Å². The highest BCUT2D eigenvalue weighted by Gasteiger charge is 2.33. The number of nitrogens with zero attached hydrogens (tertiary/aromatic N) is 2. The van der Waals surface area contributed by atoms with Crippen molar-refractivity contribution in [2.45, 2.75) is 25.9 Å². The first kappa shape index (κ1) is 8.63. The molecule has 1 saturated carbocycles. The van der Waals surface area contributed by atoms with Crippen LogP contribution in [0, 0.1) is 11.8 Å². The Morgan fingerprint density at radius 3 is 2.54 bits per heavy atom. The van der Waals surface area contributed by atoms with Crippen LogP contribution in [0.2, 0.25) is 0 Å². The van der Waals surface area contributed by atoms with E-state index in [9.17, 15) is 5.11 Å². The van der Waals surface area contributed by atoms with Crippen LogP contribution in [0.15, 0.2) is 18.7 Å². The van der Waals surface area contributed by atoms with Gasteiger partial charge in [0.05, 0.1) is 6.10 Å². The van der Waals surface area contributed by atoms with Crippen molar-refractivity contribution < 1.29 is 5.11 Å². The Kier molecular flexibility index (Phi) is 2.27. The molecule has 0 bridgehead atoms. The predicted molar refractivity (Wildman–Crippen MR) is 48.9 cm³/mol. The molecule has 1 aromatic heterocycles. The number of aliphatic hydroxyl groups is 1. The molecule has 1 aliphatic rings. The zero-order chi connectivity index (χ0) is 9.26. The van der Waals surface area contributed by atoms with E-state index >= 15 is 0 Å². The summed E-state index contributed by atoms with van der Waals surface area (Å²) in [6, 6.07) is 0. The number of hydrogen-bond donors (Lipinski definition) is 1. The molecule has 1 fully saturated rings. The summed E-state index contributed by atoms with van der Waals surface area (Å²) in [5, 5.41) is 9.92. The van der Waals surface area contributed by atoms with E-state index in [1.807, 2.05) is 0 Å². The van der Waals surface area contributed by atoms with E-state index in [0.717, 1.165) is 5.56 Å². The molecule has 2 rings (SSSR count). The molecule has 0 saturated heterocycles. The summed E-state index contributed by atoms with van der Waals surface area (Å²) in [6.45, 7) is 2.09. The minimum absolute atomic E-state index is 0.339. The number of rotatable bonds is 3. The third-order valence-electron chi connectivity index (χ3n) is 2.79. The van der Waals surface area contributed by atoms with Crippen LogP contribution < -0.4 is 0 Å². The van der Waals surface area contributed by atoms with Crippen molar-refractivity contribution in [3.05, 3.63) is 24.3 Å². The van der Waals surface area contributed by atoms with Gasteiger partial charge in [0.2, 0.25) is 0 Å². The Morgan fingerprint density at radius 1 is 1.38 bits per heavy atom. The fraction of sp³-hybridized carbons (Fsp3) is 0.600. The topological polar surface area (TPSA) is 46.0 Å². The second kappa shape index (κ2) is 3.42. The average Bonchev–Trinajstić information content (AvgIpc) is 3.00. The standard InChI is InChI=1S/C10H14N2O/c1-7(8-2-3-8)10(13)9-4-11-6-12-5-9/h4-8,10,13H,2-3H2,1H3. The lowest BCUT2D eigenvalue weighted by molar-refractivity contribution is 0.105. The summed E-state index contributed by atoms with van der Waals surface area (Å²) in [7, 11) is 0. The smallest absolute Gasteiger partial charge is 0.115 e. The number of aromatic nitrogens is 2. The van der Waals surface area contributed by atoms with Gasteiger partial charge in [-0.1, -0.05) is 6.92 Å². The third-order valence-corrected chi connectivity index (χ3v) is 2.79. The molecule has 1 heterocycles. The fourth-order valence-corrected chi connectivity index (χ4v) is 1.65. The van der Waals surface area contributed by atoms with Crippen molar-refractivity contribution >= 4 is 0 Å². The monoisotopic (exact) mass is 178 g/mol. The molecule has 2 atom stereocenters. The highest BCUT2D eigenvalue weighted by Crippen LogP contribution is 2.42. The molecular formula is C10H14N2O. The van der Waals surface area contributed by atoms with Crippen LogP contribution in [0.5, 0.6) is 0 Å². The van der Waals surface area contributed by atoms with Crippen molar-refractivity contribution in [2.75, 3.05) is 0 Å². The second-order valence-electron chi connectivity index (χ2n) is 3.81. The summed E-state index contributed by atoms with van der Waals surface area (Å²) < 4.78 is 0. The molecule has 0 spiro atoms. The summed E-state index contributed by atoms with van der Waals surface area (Å²) in [5.74, 6) is 1.04. The maximum atomic E-state index is 9.92. The van der Waals surface area contributed by atoms with Gasteiger partial charge in [-0.25, -0.2) is 9.97 Å². The molecule has 70 valence electrons. The molecule has 1 aromatic rings. The SMILES string of the molecule is CC(C1CC1)C(O)c1cncnc1. The van der Waals surface area contributed by atoms with E-state index in [0.29, 0.717) is 11.8 Å². The van der Waals surface area contributed by atoms with Gasteiger partial charge in [0, 0.05) is 18.0 Å². The highest BCUT2D eigenvalue weighted by molar-refractivity contribution is 5.08. The van der Waals surface area contributed by atoms with Gasteiger partial charge < -0.3 is 5.11 Å². The Balaban J connectivity index is 2.07. The fourth-order valence-electron chi connectivity index (χ4n) is 1.65. The van der Waals surface area contributed by atoms with Crippen molar-refractivity contribution in [1.29, 1.82) is 0 Å². The largest absolute Gasteiger partial charge is 0.388 e. The van der Waals surface area contributed by atoms with Crippen molar-refractivity contribution in [2.24, 2.45) is 11.8 Å². The first-order valence-electron chi connectivity index (χ1n) is 4.72. The molecular weight excluding hydrogens is 164 g/mol. The maximum absolute atomic E-state index is 9.92. The van der Waals surface area contributed by atoms with Gasteiger partial charge in [0.1, 0.15) is 6.33 Å². The minimum atomic E-state index is -0.395. The van der Waals surface area contributed by atoms with Crippen LogP contribution in [-0.2, 0) is 0 Å². The van der Waals surface area contributed by atoms with Gasteiger partial charge in [-0.3, -0.25) is 0 Å². The Hall–Kier alpha value is -0.960. The van der Waals surface area contributed by atoms with Crippen LogP contribution in [0.3, 0.4) is 0 Å². The lowest BCUT2D eigenvalue weighted by Gasteiger charge is -2.17. The van der Waals surface area contributed by atoms with Gasteiger partial charge in [-0.2, -0.15) is 0 Å². The second-order valence-corrected chi connectivity index (χ2v) is 3.81. The van der Waals surface area contributed by atoms with Crippen LogP contribution in [0.25, 0.3) is 0 Å². The van der Waals surface area contributed by atoms with E-state index in [1.165, 1.54) is 19.2 Å². The van der Waals surface area contributed by atoms with E-state index in [-0.39, 0.29) is 0 Å². The van der Waals surface area contributed by atoms with Gasteiger partial charge >= 0.3 is 0 Å². The average molecular weight is 178 g/mol. The molecule has 3 heteroatoms. The zero-order valence-corrected chi connectivity index (χ0v) is 7.72. The number of hydrogen-bond acceptors (Lipinski definition) is 3. The molecule has 0 aromatic carbocycles. The quantitative estimate of drug-likeness (QED) is 0.764. The van der Waals surface area contributed by atoms with Gasteiger partial charge in [-0.05, 0) is 24.7 Å². The third kappa shape index (κ3) is 1.86. The van der Waals surface area contributed by atoms with Crippen molar-refractivity contribution in [3.63, 3.8) is 0 Å². The molecule has 1 N–H and O–H groups in total. The first-order valence-corrected chi connectivity index (χ1v) is 4.72.